The molecule has 0 unspecified atom stereocenters. The molecule has 0 aromatic rings. The third-order valence-corrected chi connectivity index (χ3v) is 1.15. The van der Waals surface area contributed by atoms with E-state index < -0.39 is 6.10 Å². The molecule has 48 valence electrons. The summed E-state index contributed by atoms with van der Waals surface area (Å²) < 4.78 is 0. The molecule has 2 atom stereocenters. The van der Waals surface area contributed by atoms with Gasteiger partial charge in [0.2, 0.25) is 0 Å². The maximum atomic E-state index is 8.88. The van der Waals surface area contributed by atoms with E-state index in [1.165, 1.54) is 6.08 Å². The average molecular weight is 115 g/mol. The lowest BCUT2D eigenvalue weighted by Crippen LogP contribution is -2.31. The Morgan fingerprint density at radius 3 is 2.50 bits per heavy atom. The van der Waals surface area contributed by atoms with E-state index in [-0.39, 0.29) is 6.04 Å². The molecule has 2 heteroatoms. The number of nitrogens with two attached hydrogens (primary N) is 1. The van der Waals surface area contributed by atoms with Crippen molar-refractivity contribution < 1.29 is 5.11 Å². The summed E-state index contributed by atoms with van der Waals surface area (Å²) in [5.74, 6) is 0. The van der Waals surface area contributed by atoms with Crippen molar-refractivity contribution in [1.29, 1.82) is 0 Å². The van der Waals surface area contributed by atoms with Gasteiger partial charge in [0, 0.05) is 6.04 Å². The highest BCUT2D eigenvalue weighted by molar-refractivity contribution is 4.85. The minimum atomic E-state index is -0.542. The van der Waals surface area contributed by atoms with Crippen molar-refractivity contribution in [3.05, 3.63) is 12.7 Å². The molecule has 8 heavy (non-hydrogen) atoms. The molecule has 2 nitrogen and oxygen atoms in total. The maximum Gasteiger partial charge on any atom is 0.0869 e. The molecule has 0 saturated carbocycles. The monoisotopic (exact) mass is 115 g/mol. The molecule has 0 bridgehead atoms. The summed E-state index contributed by atoms with van der Waals surface area (Å²) in [6.07, 6.45) is 1.70. The molecule has 0 spiro atoms. The van der Waals surface area contributed by atoms with Crippen molar-refractivity contribution in [3.63, 3.8) is 0 Å². The normalized spacial score (nSPS) is 17.4. The van der Waals surface area contributed by atoms with Gasteiger partial charge in [-0.15, -0.1) is 6.58 Å². The Kier molecular flexibility index (Phi) is 3.48. The zero-order chi connectivity index (χ0) is 6.57. The zero-order valence-electron chi connectivity index (χ0n) is 5.17. The fourth-order valence-electron chi connectivity index (χ4n) is 0.416. The molecule has 0 fully saturated rings. The molecule has 0 aliphatic carbocycles. The van der Waals surface area contributed by atoms with Gasteiger partial charge in [-0.05, 0) is 6.42 Å². The third kappa shape index (κ3) is 2.09. The Morgan fingerprint density at radius 2 is 2.38 bits per heavy atom. The maximum absolute atomic E-state index is 8.88. The number of hydrogen-bond donors (Lipinski definition) is 2. The average Bonchev–Trinajstić information content (AvgIpc) is 1.84. The highest BCUT2D eigenvalue weighted by Gasteiger charge is 2.05. The molecular weight excluding hydrogens is 102 g/mol. The first kappa shape index (κ1) is 7.66. The van der Waals surface area contributed by atoms with E-state index in [0.717, 1.165) is 6.42 Å². The summed E-state index contributed by atoms with van der Waals surface area (Å²) in [6.45, 7) is 5.33. The summed E-state index contributed by atoms with van der Waals surface area (Å²) in [7, 11) is 0. The van der Waals surface area contributed by atoms with Crippen LogP contribution in [0.15, 0.2) is 12.7 Å². The van der Waals surface area contributed by atoms with E-state index in [1.54, 1.807) is 0 Å². The van der Waals surface area contributed by atoms with Gasteiger partial charge in [0.15, 0.2) is 0 Å². The van der Waals surface area contributed by atoms with E-state index in [9.17, 15) is 0 Å². The van der Waals surface area contributed by atoms with Crippen LogP contribution in [-0.4, -0.2) is 17.3 Å². The summed E-state index contributed by atoms with van der Waals surface area (Å²) >= 11 is 0. The van der Waals surface area contributed by atoms with Crippen LogP contribution in [0.1, 0.15) is 13.3 Å². The van der Waals surface area contributed by atoms with Crippen molar-refractivity contribution >= 4 is 0 Å². The Hall–Kier alpha value is -0.340. The smallest absolute Gasteiger partial charge is 0.0869 e. The Balaban J connectivity index is 3.44. The molecule has 0 saturated heterocycles. The largest absolute Gasteiger partial charge is 0.387 e. The first-order chi connectivity index (χ1) is 3.72. The van der Waals surface area contributed by atoms with Gasteiger partial charge in [-0.2, -0.15) is 0 Å². The van der Waals surface area contributed by atoms with Crippen LogP contribution in [0.5, 0.6) is 0 Å². The van der Waals surface area contributed by atoms with Gasteiger partial charge in [0.1, 0.15) is 0 Å². The van der Waals surface area contributed by atoms with E-state index in [2.05, 4.69) is 6.58 Å². The number of hydrogen-bond acceptors (Lipinski definition) is 2. The van der Waals surface area contributed by atoms with Crippen molar-refractivity contribution in [3.8, 4) is 0 Å². The van der Waals surface area contributed by atoms with Gasteiger partial charge in [-0.3, -0.25) is 0 Å². The van der Waals surface area contributed by atoms with Gasteiger partial charge in [0.05, 0.1) is 6.10 Å². The number of aliphatic hydroxyl groups excluding tert-OH is 1. The fourth-order valence-corrected chi connectivity index (χ4v) is 0.416. The van der Waals surface area contributed by atoms with Gasteiger partial charge >= 0.3 is 0 Å². The first-order valence-electron chi connectivity index (χ1n) is 2.78. The molecule has 0 radical (unpaired) electrons. The van der Waals surface area contributed by atoms with Crippen LogP contribution in [0.3, 0.4) is 0 Å². The Morgan fingerprint density at radius 1 is 1.88 bits per heavy atom. The van der Waals surface area contributed by atoms with E-state index in [0.29, 0.717) is 0 Å². The minimum Gasteiger partial charge on any atom is -0.387 e. The molecule has 0 aliphatic heterocycles. The van der Waals surface area contributed by atoms with Gasteiger partial charge in [-0.1, -0.05) is 13.0 Å². The van der Waals surface area contributed by atoms with Crippen LogP contribution >= 0.6 is 0 Å². The van der Waals surface area contributed by atoms with E-state index in [4.69, 9.17) is 10.8 Å². The Labute approximate surface area is 50.0 Å². The van der Waals surface area contributed by atoms with Crippen LogP contribution in [0.2, 0.25) is 0 Å². The van der Waals surface area contributed by atoms with Crippen LogP contribution < -0.4 is 5.73 Å². The minimum absolute atomic E-state index is 0.146. The first-order valence-corrected chi connectivity index (χ1v) is 2.78. The molecule has 0 amide bonds. The van der Waals surface area contributed by atoms with E-state index >= 15 is 0 Å². The second-order valence-corrected chi connectivity index (χ2v) is 1.80. The van der Waals surface area contributed by atoms with Gasteiger partial charge in [-0.25, -0.2) is 0 Å². The van der Waals surface area contributed by atoms with Gasteiger partial charge in [0.25, 0.3) is 0 Å². The standard InChI is InChI=1S/C6H13NO/c1-3-5(7)6(8)4-2/h4-6,8H,2-3,7H2,1H3/t5-,6+/m1/s1. The second kappa shape index (κ2) is 3.64. The summed E-state index contributed by atoms with van der Waals surface area (Å²) in [4.78, 5) is 0. The predicted octanol–water partition coefficient (Wildman–Crippen LogP) is 0.271. The summed E-state index contributed by atoms with van der Waals surface area (Å²) in [6, 6.07) is -0.146. The van der Waals surface area contributed by atoms with Crippen molar-refractivity contribution in [2.75, 3.05) is 0 Å². The molecular formula is C6H13NO. The van der Waals surface area contributed by atoms with E-state index in [1.807, 2.05) is 6.92 Å². The van der Waals surface area contributed by atoms with Gasteiger partial charge < -0.3 is 10.8 Å². The highest BCUT2D eigenvalue weighted by atomic mass is 16.3. The van der Waals surface area contributed by atoms with Crippen LogP contribution in [0.4, 0.5) is 0 Å². The summed E-state index contributed by atoms with van der Waals surface area (Å²) in [5, 5.41) is 8.88. The van der Waals surface area contributed by atoms with Crippen molar-refractivity contribution in [2.45, 2.75) is 25.5 Å². The van der Waals surface area contributed by atoms with Crippen LogP contribution in [0.25, 0.3) is 0 Å². The second-order valence-electron chi connectivity index (χ2n) is 1.80. The quantitative estimate of drug-likeness (QED) is 0.519. The molecule has 0 heterocycles. The predicted molar refractivity (Wildman–Crippen MR) is 34.5 cm³/mol. The zero-order valence-corrected chi connectivity index (χ0v) is 5.17. The van der Waals surface area contributed by atoms with Crippen LogP contribution in [0, 0.1) is 0 Å². The lowest BCUT2D eigenvalue weighted by atomic mass is 10.1. The van der Waals surface area contributed by atoms with Crippen molar-refractivity contribution in [1.82, 2.24) is 0 Å². The SMILES string of the molecule is C=C[C@H](O)[C@H](N)CC. The lowest BCUT2D eigenvalue weighted by molar-refractivity contribution is 0.189. The molecule has 0 aromatic carbocycles. The lowest BCUT2D eigenvalue weighted by Gasteiger charge is -2.11. The third-order valence-electron chi connectivity index (χ3n) is 1.15. The molecule has 0 aromatic heterocycles. The topological polar surface area (TPSA) is 46.2 Å². The fraction of sp³-hybridized carbons (Fsp3) is 0.667. The Bertz CT molecular complexity index is 72.9. The van der Waals surface area contributed by atoms with Crippen molar-refractivity contribution in [2.24, 2.45) is 5.73 Å². The molecule has 0 aliphatic rings. The summed E-state index contributed by atoms with van der Waals surface area (Å²) in [5.41, 5.74) is 5.41. The molecule has 0 rings (SSSR count). The number of rotatable bonds is 3. The highest BCUT2D eigenvalue weighted by Crippen LogP contribution is 1.94. The molecule has 3 N–H and O–H groups in total. The number of aliphatic hydroxyl groups is 1. The van der Waals surface area contributed by atoms with Crippen LogP contribution in [-0.2, 0) is 0 Å².